The minimum absolute atomic E-state index is 0.0456. The molecule has 34 heavy (non-hydrogen) atoms. The maximum absolute atomic E-state index is 12.9. The van der Waals surface area contributed by atoms with Gasteiger partial charge in [0.15, 0.2) is 18.1 Å². The molecule has 0 aliphatic heterocycles. The molecule has 0 spiro atoms. The number of alkyl halides is 2. The van der Waals surface area contributed by atoms with Crippen LogP contribution in [0.4, 0.5) is 14.5 Å². The molecule has 0 aliphatic rings. The quantitative estimate of drug-likeness (QED) is 0.460. The fourth-order valence-corrected chi connectivity index (χ4v) is 3.08. The van der Waals surface area contributed by atoms with Crippen LogP contribution in [0.5, 0.6) is 23.0 Å². The molecule has 0 aromatic heterocycles. The van der Waals surface area contributed by atoms with Gasteiger partial charge in [-0.2, -0.15) is 8.78 Å². The van der Waals surface area contributed by atoms with E-state index >= 15 is 0 Å². The number of hydrogen-bond acceptors (Lipinski definition) is 6. The van der Waals surface area contributed by atoms with E-state index in [9.17, 15) is 18.4 Å². The molecular formula is C24H22F2N2O6. The van der Waals surface area contributed by atoms with Crippen LogP contribution in [-0.2, 0) is 4.79 Å². The third-order valence-electron chi connectivity index (χ3n) is 4.65. The summed E-state index contributed by atoms with van der Waals surface area (Å²) in [6, 6.07) is 15.4. The van der Waals surface area contributed by atoms with Gasteiger partial charge in [0.2, 0.25) is 0 Å². The van der Waals surface area contributed by atoms with E-state index in [4.69, 9.17) is 19.9 Å². The highest BCUT2D eigenvalue weighted by molar-refractivity contribution is 6.05. The highest BCUT2D eigenvalue weighted by Gasteiger charge is 2.16. The number of carbonyl (C=O) groups is 2. The van der Waals surface area contributed by atoms with Crippen molar-refractivity contribution in [2.75, 3.05) is 26.1 Å². The number of carbonyl (C=O) groups excluding carboxylic acids is 2. The van der Waals surface area contributed by atoms with Crippen LogP contribution >= 0.6 is 0 Å². The predicted octanol–water partition coefficient (Wildman–Crippen LogP) is 4.09. The Kier molecular flexibility index (Phi) is 7.86. The number of methoxy groups -OCH3 is 2. The summed E-state index contributed by atoms with van der Waals surface area (Å²) >= 11 is 0. The number of nitrogens with two attached hydrogens (primary N) is 1. The van der Waals surface area contributed by atoms with Gasteiger partial charge in [-0.25, -0.2) is 0 Å². The van der Waals surface area contributed by atoms with Crippen LogP contribution in [0.15, 0.2) is 60.7 Å². The molecule has 0 saturated heterocycles. The average Bonchev–Trinajstić information content (AvgIpc) is 2.83. The molecule has 3 aromatic carbocycles. The third-order valence-corrected chi connectivity index (χ3v) is 4.65. The van der Waals surface area contributed by atoms with Crippen molar-refractivity contribution in [2.24, 2.45) is 5.73 Å². The maximum Gasteiger partial charge on any atom is 0.387 e. The Balaban J connectivity index is 1.87. The third kappa shape index (κ3) is 6.12. The number of ether oxygens (including phenoxy) is 4. The van der Waals surface area contributed by atoms with Gasteiger partial charge in [-0.1, -0.05) is 12.1 Å². The smallest absolute Gasteiger partial charge is 0.387 e. The van der Waals surface area contributed by atoms with Gasteiger partial charge >= 0.3 is 6.61 Å². The second kappa shape index (κ2) is 11.0. The summed E-state index contributed by atoms with van der Waals surface area (Å²) in [6.45, 7) is -3.36. The molecule has 10 heteroatoms. The summed E-state index contributed by atoms with van der Waals surface area (Å²) in [5.41, 5.74) is 6.61. The van der Waals surface area contributed by atoms with Crippen molar-refractivity contribution in [3.05, 3.63) is 66.2 Å². The molecule has 8 nitrogen and oxygen atoms in total. The molecule has 0 atom stereocenters. The molecule has 2 amide bonds. The van der Waals surface area contributed by atoms with Crippen LogP contribution in [-0.4, -0.2) is 39.3 Å². The molecule has 0 aliphatic carbocycles. The molecule has 0 unspecified atom stereocenters. The van der Waals surface area contributed by atoms with Crippen molar-refractivity contribution in [1.29, 1.82) is 0 Å². The molecule has 0 saturated carbocycles. The van der Waals surface area contributed by atoms with Crippen molar-refractivity contribution in [1.82, 2.24) is 0 Å². The fraction of sp³-hybridized carbons (Fsp3) is 0.167. The number of benzene rings is 3. The Labute approximate surface area is 194 Å². The number of rotatable bonds is 10. The van der Waals surface area contributed by atoms with Gasteiger partial charge < -0.3 is 30.0 Å². The topological polar surface area (TPSA) is 109 Å². The second-order valence-corrected chi connectivity index (χ2v) is 6.89. The van der Waals surface area contributed by atoms with Crippen molar-refractivity contribution < 1.29 is 37.3 Å². The molecular weight excluding hydrogens is 450 g/mol. The summed E-state index contributed by atoms with van der Waals surface area (Å²) in [4.78, 5) is 23.7. The fourth-order valence-electron chi connectivity index (χ4n) is 3.08. The van der Waals surface area contributed by atoms with E-state index in [1.54, 1.807) is 24.3 Å². The lowest BCUT2D eigenvalue weighted by Crippen LogP contribution is -2.20. The molecule has 178 valence electrons. The Morgan fingerprint density at radius 1 is 0.912 bits per heavy atom. The summed E-state index contributed by atoms with van der Waals surface area (Å²) in [6.07, 6.45) is 0. The molecule has 0 radical (unpaired) electrons. The Morgan fingerprint density at radius 3 is 2.24 bits per heavy atom. The van der Waals surface area contributed by atoms with Crippen LogP contribution in [0.3, 0.4) is 0 Å². The zero-order valence-corrected chi connectivity index (χ0v) is 18.3. The molecule has 3 N–H and O–H groups in total. The van der Waals surface area contributed by atoms with E-state index in [2.05, 4.69) is 10.1 Å². The minimum atomic E-state index is -3.01. The predicted molar refractivity (Wildman–Crippen MR) is 121 cm³/mol. The number of halogens is 2. The van der Waals surface area contributed by atoms with Crippen molar-refractivity contribution in [3.8, 4) is 34.1 Å². The normalized spacial score (nSPS) is 10.5. The molecule has 0 fully saturated rings. The molecule has 0 heterocycles. The Hall–Kier alpha value is -4.34. The SMILES string of the molecule is COc1ccc(-c2cc(NC(=O)c3ccc(OCC(N)=O)c(OC)c3)ccc2OC(F)F)cc1. The van der Waals surface area contributed by atoms with Crippen LogP contribution in [0.1, 0.15) is 10.4 Å². The standard InChI is InChI=1S/C24H22F2N2O6/c1-31-17-7-3-14(4-8-17)18-12-16(6-10-19(18)34-24(25)26)28-23(30)15-5-9-20(21(11-15)32-2)33-13-22(27)29/h3-12,24H,13H2,1-2H3,(H2,27,29)(H,28,30). The first-order chi connectivity index (χ1) is 16.3. The van der Waals surface area contributed by atoms with Crippen LogP contribution < -0.4 is 30.0 Å². The first-order valence-electron chi connectivity index (χ1n) is 9.94. The van der Waals surface area contributed by atoms with Gasteiger partial charge in [-0.15, -0.1) is 0 Å². The van der Waals surface area contributed by atoms with Gasteiger partial charge in [0.05, 0.1) is 14.2 Å². The van der Waals surface area contributed by atoms with E-state index < -0.39 is 18.4 Å². The Bertz CT molecular complexity index is 1170. The van der Waals surface area contributed by atoms with Crippen LogP contribution in [0.2, 0.25) is 0 Å². The van der Waals surface area contributed by atoms with Gasteiger partial charge in [0.1, 0.15) is 11.5 Å². The van der Waals surface area contributed by atoms with Crippen LogP contribution in [0.25, 0.3) is 11.1 Å². The number of amides is 2. The van der Waals surface area contributed by atoms with Gasteiger partial charge in [-0.3, -0.25) is 9.59 Å². The highest BCUT2D eigenvalue weighted by Crippen LogP contribution is 2.35. The number of primary amides is 1. The Morgan fingerprint density at radius 2 is 1.62 bits per heavy atom. The maximum atomic E-state index is 12.9. The summed E-state index contributed by atoms with van der Waals surface area (Å²) in [5.74, 6) is -0.113. The van der Waals surface area contributed by atoms with Gasteiger partial charge in [0, 0.05) is 16.8 Å². The minimum Gasteiger partial charge on any atom is -0.497 e. The first-order valence-corrected chi connectivity index (χ1v) is 9.94. The van der Waals surface area contributed by atoms with E-state index in [0.717, 1.165) is 0 Å². The number of nitrogens with one attached hydrogen (secondary N) is 1. The van der Waals surface area contributed by atoms with Crippen molar-refractivity contribution in [3.63, 3.8) is 0 Å². The average molecular weight is 472 g/mol. The number of anilines is 1. The van der Waals surface area contributed by atoms with E-state index in [0.29, 0.717) is 22.6 Å². The van der Waals surface area contributed by atoms with E-state index in [1.165, 1.54) is 50.6 Å². The lowest BCUT2D eigenvalue weighted by molar-refractivity contribution is -0.119. The van der Waals surface area contributed by atoms with E-state index in [-0.39, 0.29) is 29.4 Å². The van der Waals surface area contributed by atoms with Gasteiger partial charge in [-0.05, 0) is 54.1 Å². The van der Waals surface area contributed by atoms with Crippen LogP contribution in [0, 0.1) is 0 Å². The lowest BCUT2D eigenvalue weighted by Gasteiger charge is -2.14. The van der Waals surface area contributed by atoms with Gasteiger partial charge in [0.25, 0.3) is 11.8 Å². The zero-order valence-electron chi connectivity index (χ0n) is 18.3. The first kappa shape index (κ1) is 24.3. The highest BCUT2D eigenvalue weighted by atomic mass is 19.3. The molecule has 3 aromatic rings. The summed E-state index contributed by atoms with van der Waals surface area (Å²) < 4.78 is 46.1. The summed E-state index contributed by atoms with van der Waals surface area (Å²) in [7, 11) is 2.90. The zero-order chi connectivity index (χ0) is 24.7. The molecule has 0 bridgehead atoms. The second-order valence-electron chi connectivity index (χ2n) is 6.89. The largest absolute Gasteiger partial charge is 0.497 e. The lowest BCUT2D eigenvalue weighted by atomic mass is 10.0. The van der Waals surface area contributed by atoms with E-state index in [1.807, 2.05) is 0 Å². The van der Waals surface area contributed by atoms with Crippen molar-refractivity contribution in [2.45, 2.75) is 6.61 Å². The number of hydrogen-bond donors (Lipinski definition) is 2. The summed E-state index contributed by atoms with van der Waals surface area (Å²) in [5, 5.41) is 2.72. The molecule has 3 rings (SSSR count). The monoisotopic (exact) mass is 472 g/mol. The van der Waals surface area contributed by atoms with Crippen molar-refractivity contribution >= 4 is 17.5 Å².